The van der Waals surface area contributed by atoms with Crippen LogP contribution < -0.4 is 5.32 Å². The van der Waals surface area contributed by atoms with Gasteiger partial charge in [-0.2, -0.15) is 0 Å². The molecule has 0 spiro atoms. The number of rotatable bonds is 5. The lowest BCUT2D eigenvalue weighted by atomic mass is 9.47. The minimum atomic E-state index is 0.192. The van der Waals surface area contributed by atoms with Gasteiger partial charge in [0.25, 0.3) is 0 Å². The lowest BCUT2D eigenvalue weighted by Gasteiger charge is -2.62. The zero-order chi connectivity index (χ0) is 22.3. The molecule has 1 aliphatic heterocycles. The predicted octanol–water partition coefficient (Wildman–Crippen LogP) is 5.85. The maximum atomic E-state index is 12.6. The van der Waals surface area contributed by atoms with Gasteiger partial charge in [-0.05, 0) is 112 Å². The second kappa shape index (κ2) is 8.98. The fourth-order valence-corrected chi connectivity index (χ4v) is 9.52. The number of carbonyl (C=O) groups is 1. The molecular weight excluding hydrogens is 412 g/mol. The lowest BCUT2D eigenvalue weighted by Crippen LogP contribution is -2.60. The first-order valence-electron chi connectivity index (χ1n) is 13.1. The number of nitrogens with one attached hydrogen (secondary N) is 1. The maximum absolute atomic E-state index is 12.6. The number of hydrogen-bond acceptors (Lipinski definition) is 3. The SMILES string of the molecule is CN1CCC[C@@]2(C)C1CC[C@@H]1[C@H]2CC[C@]2(C)C(CNC(=O)CSc3ccccc3)CC[C@@H]12. The largest absolute Gasteiger partial charge is 0.355 e. The van der Waals surface area contributed by atoms with Crippen molar-refractivity contribution in [3.8, 4) is 0 Å². The molecule has 2 unspecified atom stereocenters. The molecule has 4 heteroatoms. The van der Waals surface area contributed by atoms with Crippen molar-refractivity contribution in [2.45, 2.75) is 76.2 Å². The molecule has 4 fully saturated rings. The first-order chi connectivity index (χ1) is 15.4. The molecule has 3 saturated carbocycles. The van der Waals surface area contributed by atoms with E-state index in [0.717, 1.165) is 30.3 Å². The van der Waals surface area contributed by atoms with Gasteiger partial charge in [0.2, 0.25) is 5.91 Å². The number of carbonyl (C=O) groups excluding carboxylic acids is 1. The maximum Gasteiger partial charge on any atom is 0.230 e. The Labute approximate surface area is 199 Å². The van der Waals surface area contributed by atoms with Crippen molar-refractivity contribution in [1.29, 1.82) is 0 Å². The van der Waals surface area contributed by atoms with E-state index in [4.69, 9.17) is 0 Å². The molecule has 32 heavy (non-hydrogen) atoms. The van der Waals surface area contributed by atoms with E-state index in [2.05, 4.69) is 43.2 Å². The van der Waals surface area contributed by atoms with Gasteiger partial charge in [0.05, 0.1) is 5.75 Å². The van der Waals surface area contributed by atoms with Crippen LogP contribution in [0.5, 0.6) is 0 Å². The van der Waals surface area contributed by atoms with Gasteiger partial charge < -0.3 is 10.2 Å². The van der Waals surface area contributed by atoms with E-state index in [1.807, 2.05) is 18.2 Å². The van der Waals surface area contributed by atoms with Crippen molar-refractivity contribution in [2.75, 3.05) is 25.9 Å². The van der Waals surface area contributed by atoms with E-state index >= 15 is 0 Å². The Morgan fingerprint density at radius 3 is 2.62 bits per heavy atom. The number of fused-ring (bicyclic) bond motifs is 5. The number of benzene rings is 1. The number of hydrogen-bond donors (Lipinski definition) is 1. The van der Waals surface area contributed by atoms with Crippen molar-refractivity contribution in [1.82, 2.24) is 10.2 Å². The van der Waals surface area contributed by atoms with Gasteiger partial charge in [0.15, 0.2) is 0 Å². The van der Waals surface area contributed by atoms with Crippen LogP contribution in [0, 0.1) is 34.5 Å². The normalized spacial score (nSPS) is 41.4. The number of piperidine rings is 1. The predicted molar refractivity (Wildman–Crippen MR) is 134 cm³/mol. The van der Waals surface area contributed by atoms with E-state index in [1.54, 1.807) is 11.8 Å². The summed E-state index contributed by atoms with van der Waals surface area (Å²) < 4.78 is 0. The van der Waals surface area contributed by atoms with Crippen LogP contribution in [0.3, 0.4) is 0 Å². The van der Waals surface area contributed by atoms with Crippen molar-refractivity contribution >= 4 is 17.7 Å². The van der Waals surface area contributed by atoms with Crippen molar-refractivity contribution in [3.05, 3.63) is 30.3 Å². The van der Waals surface area contributed by atoms with E-state index in [0.29, 0.717) is 22.5 Å². The van der Waals surface area contributed by atoms with Gasteiger partial charge in [-0.15, -0.1) is 11.8 Å². The second-order valence-corrected chi connectivity index (χ2v) is 12.8. The molecule has 1 N–H and O–H groups in total. The molecule has 1 heterocycles. The minimum absolute atomic E-state index is 0.192. The van der Waals surface area contributed by atoms with Crippen molar-refractivity contribution < 1.29 is 4.79 Å². The Morgan fingerprint density at radius 2 is 1.81 bits per heavy atom. The molecule has 4 aliphatic rings. The topological polar surface area (TPSA) is 32.3 Å². The van der Waals surface area contributed by atoms with Gasteiger partial charge in [-0.3, -0.25) is 4.79 Å². The van der Waals surface area contributed by atoms with Crippen LogP contribution in [0.4, 0.5) is 0 Å². The van der Waals surface area contributed by atoms with E-state index in [-0.39, 0.29) is 5.91 Å². The molecule has 7 atom stereocenters. The second-order valence-electron chi connectivity index (χ2n) is 11.8. The van der Waals surface area contributed by atoms with Gasteiger partial charge in [0, 0.05) is 17.5 Å². The summed E-state index contributed by atoms with van der Waals surface area (Å²) in [5, 5.41) is 3.32. The molecule has 1 aromatic carbocycles. The minimum Gasteiger partial charge on any atom is -0.355 e. The molecule has 3 nitrogen and oxygen atoms in total. The quantitative estimate of drug-likeness (QED) is 0.567. The van der Waals surface area contributed by atoms with Crippen LogP contribution >= 0.6 is 11.8 Å². The summed E-state index contributed by atoms with van der Waals surface area (Å²) in [6, 6.07) is 11.1. The summed E-state index contributed by atoms with van der Waals surface area (Å²) in [6.45, 7) is 7.39. The number of amides is 1. The highest BCUT2D eigenvalue weighted by molar-refractivity contribution is 8.00. The summed E-state index contributed by atoms with van der Waals surface area (Å²) in [4.78, 5) is 16.4. The fourth-order valence-electron chi connectivity index (χ4n) is 8.77. The van der Waals surface area contributed by atoms with Crippen LogP contribution in [-0.2, 0) is 4.79 Å². The summed E-state index contributed by atoms with van der Waals surface area (Å²) in [5.41, 5.74) is 0.947. The Morgan fingerprint density at radius 1 is 1.03 bits per heavy atom. The molecule has 0 bridgehead atoms. The molecule has 0 aromatic heterocycles. The van der Waals surface area contributed by atoms with Crippen molar-refractivity contribution in [2.24, 2.45) is 34.5 Å². The third kappa shape index (κ3) is 3.94. The first kappa shape index (κ1) is 22.8. The molecule has 0 radical (unpaired) electrons. The Kier molecular flexibility index (Phi) is 6.39. The summed E-state index contributed by atoms with van der Waals surface area (Å²) in [5.74, 6) is 4.06. The molecular formula is C28H42N2OS. The van der Waals surface area contributed by atoms with Gasteiger partial charge in [-0.25, -0.2) is 0 Å². The van der Waals surface area contributed by atoms with Crippen LogP contribution in [0.15, 0.2) is 35.2 Å². The molecule has 1 saturated heterocycles. The van der Waals surface area contributed by atoms with Crippen LogP contribution in [-0.4, -0.2) is 42.7 Å². The van der Waals surface area contributed by atoms with Gasteiger partial charge in [0.1, 0.15) is 0 Å². The number of thioether (sulfide) groups is 1. The average Bonchev–Trinajstić information content (AvgIpc) is 3.13. The highest BCUT2D eigenvalue weighted by Crippen LogP contribution is 2.65. The molecule has 1 amide bonds. The van der Waals surface area contributed by atoms with Crippen molar-refractivity contribution in [3.63, 3.8) is 0 Å². The van der Waals surface area contributed by atoms with Crippen LogP contribution in [0.2, 0.25) is 0 Å². The third-order valence-corrected chi connectivity index (χ3v) is 11.4. The molecule has 176 valence electrons. The van der Waals surface area contributed by atoms with E-state index < -0.39 is 0 Å². The van der Waals surface area contributed by atoms with Crippen LogP contribution in [0.25, 0.3) is 0 Å². The van der Waals surface area contributed by atoms with E-state index in [1.165, 1.54) is 62.8 Å². The highest BCUT2D eigenvalue weighted by atomic mass is 32.2. The summed E-state index contributed by atoms with van der Waals surface area (Å²) in [6.07, 6.45) is 11.1. The zero-order valence-corrected chi connectivity index (χ0v) is 21.1. The average molecular weight is 455 g/mol. The summed E-state index contributed by atoms with van der Waals surface area (Å²) >= 11 is 1.64. The Hall–Kier alpha value is -1.00. The third-order valence-electron chi connectivity index (χ3n) is 10.4. The first-order valence-corrected chi connectivity index (χ1v) is 14.0. The highest BCUT2D eigenvalue weighted by Gasteiger charge is 2.60. The number of nitrogens with zero attached hydrogens (tertiary/aromatic N) is 1. The smallest absolute Gasteiger partial charge is 0.230 e. The standard InChI is InChI=1S/C28H42N2OS/c1-27-16-14-24-22(11-13-25-28(24,2)15-7-17-30(25)3)23(27)12-10-20(27)18-29-26(31)19-32-21-8-5-4-6-9-21/h4-6,8-9,20,22-25H,7,10-19H2,1-3H3,(H,29,31)/t20?,22-,23-,24+,25?,27+,28+/m0/s1. The lowest BCUT2D eigenvalue weighted by molar-refractivity contribution is -0.124. The molecule has 3 aliphatic carbocycles. The monoisotopic (exact) mass is 454 g/mol. The summed E-state index contributed by atoms with van der Waals surface area (Å²) in [7, 11) is 2.37. The Bertz CT molecular complexity index is 815. The van der Waals surface area contributed by atoms with Crippen LogP contribution in [0.1, 0.15) is 65.2 Å². The van der Waals surface area contributed by atoms with Gasteiger partial charge in [-0.1, -0.05) is 32.0 Å². The zero-order valence-electron chi connectivity index (χ0n) is 20.3. The molecule has 1 aromatic rings. The molecule has 5 rings (SSSR count). The fraction of sp³-hybridized carbons (Fsp3) is 0.750. The Balaban J connectivity index is 1.20. The van der Waals surface area contributed by atoms with E-state index in [9.17, 15) is 4.79 Å². The number of likely N-dealkylation sites (tertiary alicyclic amines) is 1. The van der Waals surface area contributed by atoms with Gasteiger partial charge >= 0.3 is 0 Å².